The molecule has 1 aliphatic heterocycles. The van der Waals surface area contributed by atoms with Gasteiger partial charge < -0.3 is 4.74 Å². The van der Waals surface area contributed by atoms with Crippen molar-refractivity contribution in [3.63, 3.8) is 0 Å². The number of Topliss-reactive ketones (excluding diaryl/α,β-unsaturated/α-hetero) is 1. The quantitative estimate of drug-likeness (QED) is 0.770. The molecular formula is C15H11ClFNO2S. The minimum atomic E-state index is -0.478. The van der Waals surface area contributed by atoms with Crippen LogP contribution in [0.1, 0.15) is 23.0 Å². The summed E-state index contributed by atoms with van der Waals surface area (Å²) in [5, 5.41) is 0. The molecule has 0 amide bonds. The molecule has 1 aromatic heterocycles. The third kappa shape index (κ3) is 2.36. The second-order valence-corrected chi connectivity index (χ2v) is 6.40. The summed E-state index contributed by atoms with van der Waals surface area (Å²) in [7, 11) is 1.36. The van der Waals surface area contributed by atoms with Crippen molar-refractivity contribution in [2.45, 2.75) is 13.3 Å². The first-order chi connectivity index (χ1) is 10.0. The molecule has 108 valence electrons. The van der Waals surface area contributed by atoms with Gasteiger partial charge in [0.25, 0.3) is 0 Å². The summed E-state index contributed by atoms with van der Waals surface area (Å²) in [5.74, 6) is -0.786. The van der Waals surface area contributed by atoms with Crippen molar-refractivity contribution in [2.75, 3.05) is 7.11 Å². The van der Waals surface area contributed by atoms with Crippen molar-refractivity contribution in [2.24, 2.45) is 4.99 Å². The third-order valence-electron chi connectivity index (χ3n) is 3.27. The van der Waals surface area contributed by atoms with Crippen LogP contribution in [-0.2, 0) is 4.74 Å². The second-order valence-electron chi connectivity index (χ2n) is 4.68. The van der Waals surface area contributed by atoms with Gasteiger partial charge in [-0.3, -0.25) is 9.79 Å². The first-order valence-corrected chi connectivity index (χ1v) is 7.44. The number of allylic oxidation sites excluding steroid dienone is 5. The number of methoxy groups -OCH3 is 1. The monoisotopic (exact) mass is 323 g/mol. The maximum Gasteiger partial charge on any atom is 0.207 e. The van der Waals surface area contributed by atoms with Crippen molar-refractivity contribution in [3.8, 4) is 0 Å². The zero-order valence-corrected chi connectivity index (χ0v) is 12.9. The summed E-state index contributed by atoms with van der Waals surface area (Å²) >= 11 is 7.03. The van der Waals surface area contributed by atoms with Crippen LogP contribution >= 0.6 is 22.9 Å². The largest absolute Gasteiger partial charge is 0.493 e. The summed E-state index contributed by atoms with van der Waals surface area (Å²) < 4.78 is 19.8. The van der Waals surface area contributed by atoms with Gasteiger partial charge in [-0.25, -0.2) is 4.39 Å². The van der Waals surface area contributed by atoms with E-state index in [9.17, 15) is 9.18 Å². The fourth-order valence-electron chi connectivity index (χ4n) is 2.43. The number of rotatable bonds is 3. The molecule has 3 nitrogen and oxygen atoms in total. The number of nitrogens with zero attached hydrogens (tertiary/aromatic N) is 1. The Labute approximate surface area is 130 Å². The number of carbonyl (C=O) groups excluding carboxylic acids is 1. The molecule has 0 unspecified atom stereocenters. The topological polar surface area (TPSA) is 38.7 Å². The fraction of sp³-hybridized carbons (Fsp3) is 0.200. The molecule has 1 aromatic rings. The number of ether oxygens (including phenoxy) is 1. The molecule has 0 spiro atoms. The van der Waals surface area contributed by atoms with E-state index in [4.69, 9.17) is 16.3 Å². The van der Waals surface area contributed by atoms with Gasteiger partial charge >= 0.3 is 0 Å². The van der Waals surface area contributed by atoms with Gasteiger partial charge in [-0.2, -0.15) is 0 Å². The third-order valence-corrected chi connectivity index (χ3v) is 4.50. The lowest BCUT2D eigenvalue weighted by molar-refractivity contribution is 0.102. The highest BCUT2D eigenvalue weighted by atomic mass is 35.5. The number of hydrogen-bond donors (Lipinski definition) is 0. The highest BCUT2D eigenvalue weighted by molar-refractivity contribution is 7.18. The average molecular weight is 324 g/mol. The van der Waals surface area contributed by atoms with Crippen molar-refractivity contribution >= 4 is 34.4 Å². The average Bonchev–Trinajstić information content (AvgIpc) is 3.01. The van der Waals surface area contributed by atoms with Gasteiger partial charge in [0.05, 0.1) is 27.6 Å². The van der Waals surface area contributed by atoms with Gasteiger partial charge in [-0.15, -0.1) is 11.3 Å². The Bertz CT molecular complexity index is 770. The van der Waals surface area contributed by atoms with Gasteiger partial charge in [0, 0.05) is 17.7 Å². The van der Waals surface area contributed by atoms with Crippen LogP contribution in [0, 0.1) is 0 Å². The van der Waals surface area contributed by atoms with Gasteiger partial charge in [0.2, 0.25) is 5.78 Å². The second kappa shape index (κ2) is 5.24. The van der Waals surface area contributed by atoms with E-state index >= 15 is 0 Å². The molecule has 3 rings (SSSR count). The Morgan fingerprint density at radius 3 is 2.86 bits per heavy atom. The molecule has 0 aromatic carbocycles. The predicted molar refractivity (Wildman–Crippen MR) is 81.6 cm³/mol. The number of carbonyl (C=O) groups is 1. The lowest BCUT2D eigenvalue weighted by Crippen LogP contribution is -2.18. The van der Waals surface area contributed by atoms with Gasteiger partial charge in [0.1, 0.15) is 5.83 Å². The molecule has 0 fully saturated rings. The van der Waals surface area contributed by atoms with E-state index in [-0.39, 0.29) is 23.5 Å². The number of halogens is 2. The molecule has 0 bridgehead atoms. The number of thiophene rings is 1. The molecular weight excluding hydrogens is 313 g/mol. The van der Waals surface area contributed by atoms with Crippen LogP contribution in [0.3, 0.4) is 0 Å². The van der Waals surface area contributed by atoms with E-state index in [1.165, 1.54) is 7.11 Å². The molecule has 0 N–H and O–H groups in total. The maximum absolute atomic E-state index is 14.2. The van der Waals surface area contributed by atoms with E-state index in [0.717, 1.165) is 17.0 Å². The highest BCUT2D eigenvalue weighted by Crippen LogP contribution is 2.37. The zero-order chi connectivity index (χ0) is 15.1. The molecule has 6 heteroatoms. The molecule has 0 saturated carbocycles. The molecule has 21 heavy (non-hydrogen) atoms. The fourth-order valence-corrected chi connectivity index (χ4v) is 3.42. The maximum atomic E-state index is 14.2. The van der Waals surface area contributed by atoms with E-state index in [1.54, 1.807) is 18.2 Å². The van der Waals surface area contributed by atoms with Crippen LogP contribution in [0.2, 0.25) is 4.34 Å². The van der Waals surface area contributed by atoms with Gasteiger partial charge in [0.15, 0.2) is 5.76 Å². The highest BCUT2D eigenvalue weighted by Gasteiger charge is 2.33. The first-order valence-electron chi connectivity index (χ1n) is 6.25. The standard InChI is InChI=1S/C15H11ClFNO2S/c1-7-5-8-10(18-7)6-9(17)15(20-2)13(8)14(19)11-3-4-12(16)21-11/h3-5H,6H2,1-2H3. The minimum absolute atomic E-state index is 0.00979. The number of aliphatic imine (C=N–C) groups is 1. The smallest absolute Gasteiger partial charge is 0.207 e. The molecule has 0 atom stereocenters. The molecule has 0 saturated heterocycles. The van der Waals surface area contributed by atoms with E-state index in [0.29, 0.717) is 20.5 Å². The Hall–Kier alpha value is -1.72. The summed E-state index contributed by atoms with van der Waals surface area (Å²) in [4.78, 5) is 17.4. The lowest BCUT2D eigenvalue weighted by atomic mass is 9.91. The van der Waals surface area contributed by atoms with Crippen LogP contribution in [0.4, 0.5) is 4.39 Å². The molecule has 0 radical (unpaired) electrons. The Kier molecular flexibility index (Phi) is 3.55. The van der Waals surface area contributed by atoms with E-state index in [1.807, 2.05) is 6.92 Å². The molecule has 2 heterocycles. The Balaban J connectivity index is 2.17. The van der Waals surface area contributed by atoms with Crippen LogP contribution in [0.5, 0.6) is 0 Å². The summed E-state index contributed by atoms with van der Waals surface area (Å²) in [5.41, 5.74) is 2.17. The summed E-state index contributed by atoms with van der Waals surface area (Å²) in [6, 6.07) is 3.27. The lowest BCUT2D eigenvalue weighted by Gasteiger charge is -2.19. The normalized spacial score (nSPS) is 17.7. The SMILES string of the molecule is COC1=C(F)CC2=NC(C)=CC2=C1C(=O)c1ccc(Cl)s1. The molecule has 2 aliphatic rings. The van der Waals surface area contributed by atoms with Crippen LogP contribution in [0.15, 0.2) is 51.6 Å². The molecule has 1 aliphatic carbocycles. The van der Waals surface area contributed by atoms with Crippen molar-refractivity contribution in [3.05, 3.63) is 55.9 Å². The van der Waals surface area contributed by atoms with Gasteiger partial charge in [-0.1, -0.05) is 11.6 Å². The van der Waals surface area contributed by atoms with Crippen molar-refractivity contribution in [1.29, 1.82) is 0 Å². The Morgan fingerprint density at radius 2 is 2.24 bits per heavy atom. The van der Waals surface area contributed by atoms with Crippen LogP contribution in [0.25, 0.3) is 0 Å². The zero-order valence-electron chi connectivity index (χ0n) is 11.4. The summed E-state index contributed by atoms with van der Waals surface area (Å²) in [6.07, 6.45) is 1.83. The van der Waals surface area contributed by atoms with Crippen molar-refractivity contribution in [1.82, 2.24) is 0 Å². The minimum Gasteiger partial charge on any atom is -0.493 e. The Morgan fingerprint density at radius 1 is 1.48 bits per heavy atom. The van der Waals surface area contributed by atoms with Crippen LogP contribution in [-0.4, -0.2) is 18.6 Å². The number of ketones is 1. The van der Waals surface area contributed by atoms with E-state index in [2.05, 4.69) is 4.99 Å². The predicted octanol–water partition coefficient (Wildman–Crippen LogP) is 4.47. The van der Waals surface area contributed by atoms with Crippen LogP contribution < -0.4 is 0 Å². The number of fused-ring (bicyclic) bond motifs is 1. The van der Waals surface area contributed by atoms with Crippen molar-refractivity contribution < 1.29 is 13.9 Å². The summed E-state index contributed by atoms with van der Waals surface area (Å²) in [6.45, 7) is 1.81. The van der Waals surface area contributed by atoms with E-state index < -0.39 is 5.83 Å². The van der Waals surface area contributed by atoms with Gasteiger partial charge in [-0.05, 0) is 25.1 Å². The first kappa shape index (κ1) is 14.2. The number of hydrogen-bond acceptors (Lipinski definition) is 4.